The highest BCUT2D eigenvalue weighted by molar-refractivity contribution is 7.89. The molecule has 0 radical (unpaired) electrons. The zero-order valence-electron chi connectivity index (χ0n) is 19.9. The van der Waals surface area contributed by atoms with E-state index in [9.17, 15) is 18.0 Å². The molecule has 0 aromatic heterocycles. The first-order valence-electron chi connectivity index (χ1n) is 11.4. The van der Waals surface area contributed by atoms with Gasteiger partial charge in [-0.1, -0.05) is 45.4 Å². The smallest absolute Gasteiger partial charge is 0.335 e. The van der Waals surface area contributed by atoms with Gasteiger partial charge in [0.15, 0.2) is 12.2 Å². The number of carboxylic acids is 2. The predicted octanol–water partition coefficient (Wildman–Crippen LogP) is 0.943. The van der Waals surface area contributed by atoms with E-state index in [0.717, 1.165) is 19.6 Å². The Bertz CT molecular complexity index is 902. The van der Waals surface area contributed by atoms with Gasteiger partial charge in [-0.15, -0.1) is 0 Å². The van der Waals surface area contributed by atoms with Crippen molar-refractivity contribution in [3.63, 3.8) is 0 Å². The minimum absolute atomic E-state index is 0.214. The molecule has 2 aliphatic rings. The quantitative estimate of drug-likeness (QED) is 0.408. The molecule has 3 rings (SSSR count). The zero-order chi connectivity index (χ0) is 25.7. The number of carbonyl (C=O) groups is 2. The highest BCUT2D eigenvalue weighted by Crippen LogP contribution is 2.45. The van der Waals surface area contributed by atoms with Crippen LogP contribution in [0.2, 0.25) is 0 Å². The summed E-state index contributed by atoms with van der Waals surface area (Å²) in [6.07, 6.45) is -2.09. The third kappa shape index (κ3) is 6.54. The number of nitrogens with zero attached hydrogens (tertiary/aromatic N) is 2. The van der Waals surface area contributed by atoms with Crippen molar-refractivity contribution in [2.75, 3.05) is 32.7 Å². The van der Waals surface area contributed by atoms with Crippen LogP contribution in [0.1, 0.15) is 33.6 Å². The lowest BCUT2D eigenvalue weighted by Gasteiger charge is -2.55. The first kappa shape index (κ1) is 28.2. The predicted molar refractivity (Wildman–Crippen MR) is 125 cm³/mol. The molecule has 0 amide bonds. The highest BCUT2D eigenvalue weighted by atomic mass is 32.2. The van der Waals surface area contributed by atoms with Crippen LogP contribution >= 0.6 is 0 Å². The number of hydrogen-bond acceptors (Lipinski definition) is 7. The van der Waals surface area contributed by atoms with Gasteiger partial charge in [-0.3, -0.25) is 0 Å². The molecular formula is C23H36N2O8S. The average molecular weight is 501 g/mol. The molecule has 192 valence electrons. The van der Waals surface area contributed by atoms with Crippen molar-refractivity contribution in [2.45, 2.75) is 50.7 Å². The van der Waals surface area contributed by atoms with Crippen LogP contribution in [0.15, 0.2) is 35.2 Å². The van der Waals surface area contributed by atoms with Gasteiger partial charge in [-0.2, -0.15) is 4.31 Å². The van der Waals surface area contributed by atoms with Crippen molar-refractivity contribution in [1.82, 2.24) is 9.21 Å². The molecule has 0 aliphatic carbocycles. The third-order valence-corrected chi connectivity index (χ3v) is 8.77. The summed E-state index contributed by atoms with van der Waals surface area (Å²) in [6, 6.07) is 8.87. The Hall–Kier alpha value is -2.05. The molecule has 4 N–H and O–H groups in total. The maximum Gasteiger partial charge on any atom is 0.335 e. The van der Waals surface area contributed by atoms with Crippen molar-refractivity contribution in [2.24, 2.45) is 17.3 Å². The average Bonchev–Trinajstić information content (AvgIpc) is 2.77. The molecule has 2 saturated heterocycles. The van der Waals surface area contributed by atoms with Gasteiger partial charge in [0.2, 0.25) is 10.0 Å². The van der Waals surface area contributed by atoms with Crippen LogP contribution < -0.4 is 0 Å². The number of sulfonamides is 1. The van der Waals surface area contributed by atoms with Crippen molar-refractivity contribution in [3.8, 4) is 0 Å². The summed E-state index contributed by atoms with van der Waals surface area (Å²) in [7, 11) is -3.37. The number of fused-ring (bicyclic) bond motifs is 2. The van der Waals surface area contributed by atoms with Crippen molar-refractivity contribution in [3.05, 3.63) is 30.3 Å². The number of aliphatic hydroxyl groups excluding tert-OH is 2. The molecule has 11 heteroatoms. The molecule has 2 bridgehead atoms. The van der Waals surface area contributed by atoms with E-state index in [1.165, 1.54) is 12.8 Å². The molecule has 4 atom stereocenters. The van der Waals surface area contributed by atoms with E-state index >= 15 is 0 Å². The molecule has 10 nitrogen and oxygen atoms in total. The molecular weight excluding hydrogens is 464 g/mol. The number of hydrogen-bond donors (Lipinski definition) is 4. The highest BCUT2D eigenvalue weighted by Gasteiger charge is 2.49. The van der Waals surface area contributed by atoms with E-state index in [0.29, 0.717) is 29.8 Å². The standard InChI is InChI=1S/C19H30N2O2S.C4H6O6/c1-4-5-11-20-12-16-14-21(15-17(13-20)19(16,2)3)24(22,23)18-9-7-6-8-10-18;5-1(3(7)8)2(6)4(9)10/h6-10,16-17H,4-5,11-15H2,1-3H3;1-2,5-6H,(H,7,8)(H,9,10)/t;1-,2-/m.1/s1. The lowest BCUT2D eigenvalue weighted by Crippen LogP contribution is -2.62. The number of carboxylic acid groups (broad SMARTS) is 2. The normalized spacial score (nSPS) is 24.4. The van der Waals surface area contributed by atoms with E-state index in [1.807, 2.05) is 6.07 Å². The first-order chi connectivity index (χ1) is 15.8. The summed E-state index contributed by atoms with van der Waals surface area (Å²) in [4.78, 5) is 22.5. The second-order valence-corrected chi connectivity index (χ2v) is 11.5. The number of benzene rings is 1. The van der Waals surface area contributed by atoms with Gasteiger partial charge in [0.1, 0.15) is 0 Å². The summed E-state index contributed by atoms with van der Waals surface area (Å²) in [5, 5.41) is 32.5. The van der Waals surface area contributed by atoms with Gasteiger partial charge in [0, 0.05) is 26.2 Å². The number of piperidine rings is 2. The second kappa shape index (κ2) is 11.6. The molecule has 34 heavy (non-hydrogen) atoms. The van der Waals surface area contributed by atoms with Crippen LogP contribution in [0.25, 0.3) is 0 Å². The Labute approximate surface area is 200 Å². The molecule has 0 saturated carbocycles. The maximum absolute atomic E-state index is 13.0. The molecule has 2 unspecified atom stereocenters. The van der Waals surface area contributed by atoms with E-state index in [4.69, 9.17) is 20.4 Å². The van der Waals surface area contributed by atoms with Gasteiger partial charge in [0.05, 0.1) is 4.90 Å². The minimum atomic E-state index is -3.37. The first-order valence-corrected chi connectivity index (χ1v) is 12.9. The topological polar surface area (TPSA) is 156 Å². The van der Waals surface area contributed by atoms with Gasteiger partial charge < -0.3 is 25.3 Å². The fraction of sp³-hybridized carbons (Fsp3) is 0.652. The monoisotopic (exact) mass is 500 g/mol. The molecule has 2 heterocycles. The number of unbranched alkanes of at least 4 members (excludes halogenated alkanes) is 1. The van der Waals surface area contributed by atoms with E-state index in [-0.39, 0.29) is 5.41 Å². The van der Waals surface area contributed by atoms with E-state index in [2.05, 4.69) is 25.7 Å². The zero-order valence-corrected chi connectivity index (χ0v) is 20.7. The number of likely N-dealkylation sites (tertiary alicyclic amines) is 1. The Balaban J connectivity index is 0.000000347. The molecule has 1 aromatic rings. The van der Waals surface area contributed by atoms with E-state index < -0.39 is 34.2 Å². The number of rotatable bonds is 8. The Morgan fingerprint density at radius 2 is 1.44 bits per heavy atom. The summed E-state index contributed by atoms with van der Waals surface area (Å²) < 4.78 is 27.7. The fourth-order valence-corrected chi connectivity index (χ4v) is 5.98. The van der Waals surface area contributed by atoms with Crippen LogP contribution in [-0.4, -0.2) is 94.9 Å². The van der Waals surface area contributed by atoms with Crippen LogP contribution in [-0.2, 0) is 19.6 Å². The lowest BCUT2D eigenvalue weighted by molar-refractivity contribution is -0.165. The Morgan fingerprint density at radius 1 is 0.971 bits per heavy atom. The van der Waals surface area contributed by atoms with Gasteiger partial charge >= 0.3 is 11.9 Å². The SMILES string of the molecule is CCCCN1CC2CN(S(=O)(=O)c3ccccc3)CC(C1)C2(C)C.O=C(O)[C@H](O)[C@@H](O)C(=O)O. The van der Waals surface area contributed by atoms with Crippen molar-refractivity contribution < 1.29 is 38.4 Å². The van der Waals surface area contributed by atoms with Gasteiger partial charge in [0.25, 0.3) is 0 Å². The number of aliphatic carboxylic acids is 2. The fourth-order valence-electron chi connectivity index (χ4n) is 4.43. The van der Waals surface area contributed by atoms with Gasteiger partial charge in [-0.05, 0) is 42.3 Å². The molecule has 0 spiro atoms. The second-order valence-electron chi connectivity index (χ2n) is 9.53. The largest absolute Gasteiger partial charge is 0.479 e. The van der Waals surface area contributed by atoms with Crippen LogP contribution in [0.3, 0.4) is 0 Å². The summed E-state index contributed by atoms with van der Waals surface area (Å²) in [5.41, 5.74) is 0.214. The van der Waals surface area contributed by atoms with Gasteiger partial charge in [-0.25, -0.2) is 18.0 Å². The Kier molecular flexibility index (Phi) is 9.61. The molecule has 2 aliphatic heterocycles. The number of aliphatic hydroxyl groups is 2. The van der Waals surface area contributed by atoms with Crippen molar-refractivity contribution in [1.29, 1.82) is 0 Å². The molecule has 2 fully saturated rings. The van der Waals surface area contributed by atoms with Crippen LogP contribution in [0, 0.1) is 17.3 Å². The van der Waals surface area contributed by atoms with Crippen LogP contribution in [0.4, 0.5) is 0 Å². The maximum atomic E-state index is 13.0. The van der Waals surface area contributed by atoms with Crippen molar-refractivity contribution >= 4 is 22.0 Å². The molecule has 1 aromatic carbocycles. The summed E-state index contributed by atoms with van der Waals surface area (Å²) in [6.45, 7) is 11.3. The van der Waals surface area contributed by atoms with Crippen LogP contribution in [0.5, 0.6) is 0 Å². The third-order valence-electron chi connectivity index (χ3n) is 6.92. The minimum Gasteiger partial charge on any atom is -0.479 e. The van der Waals surface area contributed by atoms with E-state index in [1.54, 1.807) is 28.6 Å². The summed E-state index contributed by atoms with van der Waals surface area (Å²) >= 11 is 0. The Morgan fingerprint density at radius 3 is 1.85 bits per heavy atom. The summed E-state index contributed by atoms with van der Waals surface area (Å²) in [5.74, 6) is -2.73. The lowest BCUT2D eigenvalue weighted by atomic mass is 9.64.